The minimum absolute atomic E-state index is 0.00528. The normalized spacial score (nSPS) is 12.3. The summed E-state index contributed by atoms with van der Waals surface area (Å²) in [5.74, 6) is -0.501. The summed E-state index contributed by atoms with van der Waals surface area (Å²) in [5, 5.41) is 2.68. The molecule has 0 saturated heterocycles. The van der Waals surface area contributed by atoms with Crippen molar-refractivity contribution in [3.05, 3.63) is 54.1 Å². The Bertz CT molecular complexity index is 1130. The highest BCUT2D eigenvalue weighted by molar-refractivity contribution is 7.89. The lowest BCUT2D eigenvalue weighted by Crippen LogP contribution is -2.40. The second-order valence-corrected chi connectivity index (χ2v) is 11.2. The molecule has 0 heterocycles. The Morgan fingerprint density at radius 1 is 0.848 bits per heavy atom. The number of anilines is 1. The number of aryl methyl sites for hydroxylation is 1. The van der Waals surface area contributed by atoms with Crippen LogP contribution in [0.3, 0.4) is 0 Å². The van der Waals surface area contributed by atoms with E-state index in [-0.39, 0.29) is 22.9 Å². The Morgan fingerprint density at radius 3 is 1.79 bits per heavy atom. The molecule has 0 aliphatic heterocycles. The van der Waals surface area contributed by atoms with Crippen LogP contribution in [0.15, 0.2) is 58.3 Å². The average molecular weight is 498 g/mol. The third-order valence-corrected chi connectivity index (χ3v) is 8.93. The lowest BCUT2D eigenvalue weighted by Gasteiger charge is -2.22. The summed E-state index contributed by atoms with van der Waals surface area (Å²) >= 11 is 0. The molecule has 182 valence electrons. The molecule has 0 fully saturated rings. The van der Waals surface area contributed by atoms with Crippen LogP contribution >= 0.6 is 0 Å². The molecule has 0 aliphatic rings. The van der Waals surface area contributed by atoms with Crippen molar-refractivity contribution >= 4 is 31.6 Å². The van der Waals surface area contributed by atoms with E-state index in [9.17, 15) is 21.6 Å². The molecule has 0 aromatic heterocycles. The van der Waals surface area contributed by atoms with Gasteiger partial charge in [-0.2, -0.15) is 8.61 Å². The van der Waals surface area contributed by atoms with Crippen molar-refractivity contribution in [3.63, 3.8) is 0 Å². The van der Waals surface area contributed by atoms with E-state index >= 15 is 0 Å². The Balaban J connectivity index is 2.26. The number of sulfonamides is 2. The molecular formula is C22H31N3O6S2. The van der Waals surface area contributed by atoms with Gasteiger partial charge in [-0.3, -0.25) is 4.79 Å². The first kappa shape index (κ1) is 26.9. The van der Waals surface area contributed by atoms with Crippen LogP contribution in [0.25, 0.3) is 0 Å². The highest BCUT2D eigenvalue weighted by atomic mass is 32.2. The van der Waals surface area contributed by atoms with E-state index in [0.717, 1.165) is 9.87 Å². The van der Waals surface area contributed by atoms with E-state index in [4.69, 9.17) is 4.74 Å². The van der Waals surface area contributed by atoms with Crippen molar-refractivity contribution in [2.24, 2.45) is 0 Å². The van der Waals surface area contributed by atoms with Crippen LogP contribution < -0.4 is 5.32 Å². The van der Waals surface area contributed by atoms with Gasteiger partial charge in [-0.05, 0) is 43.3 Å². The predicted octanol–water partition coefficient (Wildman–Crippen LogP) is 2.30. The number of amides is 1. The molecule has 1 amide bonds. The summed E-state index contributed by atoms with van der Waals surface area (Å²) in [6.07, 6.45) is 0. The van der Waals surface area contributed by atoms with Gasteiger partial charge in [0, 0.05) is 32.4 Å². The Kier molecular flexibility index (Phi) is 9.56. The maximum atomic E-state index is 13.2. The Labute approximate surface area is 196 Å². The minimum atomic E-state index is -4.08. The number of hydrogen-bond donors (Lipinski definition) is 1. The van der Waals surface area contributed by atoms with Crippen molar-refractivity contribution in [3.8, 4) is 0 Å². The molecule has 2 aromatic rings. The van der Waals surface area contributed by atoms with Crippen LogP contribution in [0.1, 0.15) is 19.4 Å². The van der Waals surface area contributed by atoms with E-state index in [0.29, 0.717) is 18.8 Å². The van der Waals surface area contributed by atoms with E-state index in [1.165, 1.54) is 35.7 Å². The minimum Gasteiger partial charge on any atom is -0.383 e. The first-order valence-electron chi connectivity index (χ1n) is 10.5. The fourth-order valence-electron chi connectivity index (χ4n) is 3.12. The molecule has 0 aliphatic carbocycles. The summed E-state index contributed by atoms with van der Waals surface area (Å²) in [6.45, 7) is 5.62. The highest BCUT2D eigenvalue weighted by Gasteiger charge is 2.28. The third kappa shape index (κ3) is 6.84. The fraction of sp³-hybridized carbons (Fsp3) is 0.409. The first-order chi connectivity index (χ1) is 15.6. The van der Waals surface area contributed by atoms with Crippen LogP contribution in [0.4, 0.5) is 5.69 Å². The quantitative estimate of drug-likeness (QED) is 0.481. The zero-order valence-electron chi connectivity index (χ0n) is 19.3. The van der Waals surface area contributed by atoms with Gasteiger partial charge in [0.1, 0.15) is 0 Å². The molecule has 2 aromatic carbocycles. The zero-order valence-corrected chi connectivity index (χ0v) is 20.9. The Morgan fingerprint density at radius 2 is 1.33 bits per heavy atom. The highest BCUT2D eigenvalue weighted by Crippen LogP contribution is 2.21. The summed E-state index contributed by atoms with van der Waals surface area (Å²) in [7, 11) is -6.36. The maximum absolute atomic E-state index is 13.2. The number of nitrogens with zero attached hydrogens (tertiary/aromatic N) is 2. The topological polar surface area (TPSA) is 113 Å². The molecule has 0 unspecified atom stereocenters. The van der Waals surface area contributed by atoms with E-state index in [1.54, 1.807) is 26.0 Å². The summed E-state index contributed by atoms with van der Waals surface area (Å²) in [4.78, 5) is 12.4. The smallest absolute Gasteiger partial charge is 0.243 e. The molecule has 33 heavy (non-hydrogen) atoms. The second kappa shape index (κ2) is 11.7. The monoisotopic (exact) mass is 497 g/mol. The van der Waals surface area contributed by atoms with Gasteiger partial charge >= 0.3 is 0 Å². The average Bonchev–Trinajstić information content (AvgIpc) is 2.78. The van der Waals surface area contributed by atoms with Crippen molar-refractivity contribution < 1.29 is 26.4 Å². The van der Waals surface area contributed by atoms with Crippen LogP contribution in [0.2, 0.25) is 0 Å². The number of nitrogens with one attached hydrogen (secondary N) is 1. The van der Waals surface area contributed by atoms with Crippen LogP contribution in [-0.2, 0) is 29.6 Å². The number of benzene rings is 2. The van der Waals surface area contributed by atoms with Gasteiger partial charge in [-0.25, -0.2) is 16.8 Å². The van der Waals surface area contributed by atoms with Gasteiger partial charge in [0.05, 0.1) is 22.9 Å². The van der Waals surface area contributed by atoms with E-state index < -0.39 is 32.5 Å². The van der Waals surface area contributed by atoms with Crippen molar-refractivity contribution in [2.45, 2.75) is 30.6 Å². The number of rotatable bonds is 12. The number of methoxy groups -OCH3 is 1. The summed E-state index contributed by atoms with van der Waals surface area (Å²) in [5.41, 5.74) is 1.59. The van der Waals surface area contributed by atoms with Gasteiger partial charge in [0.2, 0.25) is 26.0 Å². The molecular weight excluding hydrogens is 466 g/mol. The standard InChI is InChI=1S/C22H31N3O6S2/c1-5-24(6-2)32(27,28)20-11-13-21(14-12-20)33(29,30)25(15-16-31-4)17-22(26)23-19-9-7-18(3)8-10-19/h7-14H,5-6,15-17H2,1-4H3,(H,23,26). The number of carbonyl (C=O) groups is 1. The summed E-state index contributed by atoms with van der Waals surface area (Å²) in [6, 6.07) is 12.1. The molecule has 0 radical (unpaired) electrons. The van der Waals surface area contributed by atoms with Gasteiger partial charge < -0.3 is 10.1 Å². The van der Waals surface area contributed by atoms with Crippen LogP contribution in [0.5, 0.6) is 0 Å². The molecule has 0 saturated carbocycles. The van der Waals surface area contributed by atoms with Crippen molar-refractivity contribution in [2.75, 3.05) is 45.2 Å². The zero-order chi connectivity index (χ0) is 24.6. The molecule has 2 rings (SSSR count). The number of ether oxygens (including phenoxy) is 1. The van der Waals surface area contributed by atoms with Crippen LogP contribution in [0, 0.1) is 6.92 Å². The van der Waals surface area contributed by atoms with Crippen LogP contribution in [-0.4, -0.2) is 71.2 Å². The third-order valence-electron chi connectivity index (χ3n) is 5.00. The molecule has 9 nitrogen and oxygen atoms in total. The van der Waals surface area contributed by atoms with Gasteiger partial charge in [0.15, 0.2) is 0 Å². The SMILES string of the molecule is CCN(CC)S(=O)(=O)c1ccc(S(=O)(=O)N(CCOC)CC(=O)Nc2ccc(C)cc2)cc1. The second-order valence-electron chi connectivity index (χ2n) is 7.31. The lowest BCUT2D eigenvalue weighted by atomic mass is 10.2. The molecule has 11 heteroatoms. The van der Waals surface area contributed by atoms with Gasteiger partial charge in [-0.1, -0.05) is 31.5 Å². The Hall–Kier alpha value is -2.31. The predicted molar refractivity (Wildman–Crippen MR) is 127 cm³/mol. The molecule has 0 atom stereocenters. The maximum Gasteiger partial charge on any atom is 0.243 e. The fourth-order valence-corrected chi connectivity index (χ4v) is 5.96. The summed E-state index contributed by atoms with van der Waals surface area (Å²) < 4.78 is 59.1. The van der Waals surface area contributed by atoms with E-state index in [2.05, 4.69) is 5.32 Å². The lowest BCUT2D eigenvalue weighted by molar-refractivity contribution is -0.116. The van der Waals surface area contributed by atoms with Crippen molar-refractivity contribution in [1.29, 1.82) is 0 Å². The number of carbonyl (C=O) groups excluding carboxylic acids is 1. The molecule has 0 bridgehead atoms. The molecule has 0 spiro atoms. The number of hydrogen-bond acceptors (Lipinski definition) is 6. The van der Waals surface area contributed by atoms with Crippen molar-refractivity contribution in [1.82, 2.24) is 8.61 Å². The van der Waals surface area contributed by atoms with E-state index in [1.807, 2.05) is 19.1 Å². The van der Waals surface area contributed by atoms with Gasteiger partial charge in [-0.15, -0.1) is 0 Å². The largest absolute Gasteiger partial charge is 0.383 e. The first-order valence-corrected chi connectivity index (χ1v) is 13.4. The van der Waals surface area contributed by atoms with Gasteiger partial charge in [0.25, 0.3) is 0 Å². The molecule has 1 N–H and O–H groups in total.